The molecule has 1 atom stereocenters. The molecule has 6 heteroatoms. The van der Waals surface area contributed by atoms with Crippen LogP contribution in [0.1, 0.15) is 20.3 Å². The standard InChI is InChI=1S/C21H24N2O4/c1-14(2)27-19-8-4-16(5-9-19)22-21(25)15-12-20(24)23(13-15)17-6-10-18(26-3)11-7-17/h4-11,14-15H,12-13H2,1-3H3,(H,22,25). The third-order valence-corrected chi connectivity index (χ3v) is 4.37. The maximum Gasteiger partial charge on any atom is 0.229 e. The largest absolute Gasteiger partial charge is 0.497 e. The van der Waals surface area contributed by atoms with E-state index in [9.17, 15) is 9.59 Å². The number of hydrogen-bond acceptors (Lipinski definition) is 4. The number of anilines is 2. The Hall–Kier alpha value is -3.02. The Labute approximate surface area is 159 Å². The molecule has 1 fully saturated rings. The van der Waals surface area contributed by atoms with Crippen LogP contribution in [-0.4, -0.2) is 31.6 Å². The number of carbonyl (C=O) groups excluding carboxylic acids is 2. The quantitative estimate of drug-likeness (QED) is 0.848. The highest BCUT2D eigenvalue weighted by Gasteiger charge is 2.35. The van der Waals surface area contributed by atoms with Crippen LogP contribution < -0.4 is 19.7 Å². The van der Waals surface area contributed by atoms with Crippen LogP contribution in [0, 0.1) is 5.92 Å². The lowest BCUT2D eigenvalue weighted by atomic mass is 10.1. The zero-order valence-corrected chi connectivity index (χ0v) is 15.8. The molecule has 3 rings (SSSR count). The molecule has 1 unspecified atom stereocenters. The highest BCUT2D eigenvalue weighted by molar-refractivity contribution is 6.03. The topological polar surface area (TPSA) is 67.9 Å². The van der Waals surface area contributed by atoms with Crippen LogP contribution in [0.5, 0.6) is 11.5 Å². The second kappa shape index (κ2) is 8.12. The molecule has 2 aromatic carbocycles. The maximum atomic E-state index is 12.6. The second-order valence-corrected chi connectivity index (χ2v) is 6.78. The van der Waals surface area contributed by atoms with Crippen molar-refractivity contribution in [2.45, 2.75) is 26.4 Å². The lowest BCUT2D eigenvalue weighted by molar-refractivity contribution is -0.122. The fraction of sp³-hybridized carbons (Fsp3) is 0.333. The fourth-order valence-electron chi connectivity index (χ4n) is 3.03. The third kappa shape index (κ3) is 4.58. The molecule has 0 saturated carbocycles. The first-order chi connectivity index (χ1) is 13.0. The summed E-state index contributed by atoms with van der Waals surface area (Å²) in [5, 5.41) is 2.88. The minimum absolute atomic E-state index is 0.0546. The third-order valence-electron chi connectivity index (χ3n) is 4.37. The number of nitrogens with zero attached hydrogens (tertiary/aromatic N) is 1. The molecule has 1 saturated heterocycles. The Morgan fingerprint density at radius 2 is 1.70 bits per heavy atom. The molecule has 0 aliphatic carbocycles. The summed E-state index contributed by atoms with van der Waals surface area (Å²) in [6.07, 6.45) is 0.297. The summed E-state index contributed by atoms with van der Waals surface area (Å²) < 4.78 is 10.7. The average molecular weight is 368 g/mol. The molecule has 2 amide bonds. The first-order valence-corrected chi connectivity index (χ1v) is 8.98. The average Bonchev–Trinajstić information content (AvgIpc) is 3.05. The van der Waals surface area contributed by atoms with Crippen LogP contribution >= 0.6 is 0 Å². The number of ether oxygens (including phenoxy) is 2. The zero-order valence-electron chi connectivity index (χ0n) is 15.8. The van der Waals surface area contributed by atoms with E-state index < -0.39 is 0 Å². The van der Waals surface area contributed by atoms with Crippen molar-refractivity contribution in [2.24, 2.45) is 5.92 Å². The molecule has 27 heavy (non-hydrogen) atoms. The monoisotopic (exact) mass is 368 g/mol. The molecule has 0 spiro atoms. The van der Waals surface area contributed by atoms with Crippen LogP contribution in [0.4, 0.5) is 11.4 Å². The van der Waals surface area contributed by atoms with Gasteiger partial charge in [0, 0.05) is 24.3 Å². The number of benzene rings is 2. The van der Waals surface area contributed by atoms with Crippen molar-refractivity contribution in [3.8, 4) is 11.5 Å². The predicted octanol–water partition coefficient (Wildman–Crippen LogP) is 3.47. The normalized spacial score (nSPS) is 16.5. The van der Waals surface area contributed by atoms with Crippen molar-refractivity contribution in [3.63, 3.8) is 0 Å². The molecule has 1 aliphatic heterocycles. The van der Waals surface area contributed by atoms with Gasteiger partial charge in [0.05, 0.1) is 19.1 Å². The number of methoxy groups -OCH3 is 1. The van der Waals surface area contributed by atoms with Gasteiger partial charge in [-0.2, -0.15) is 0 Å². The van der Waals surface area contributed by atoms with E-state index in [1.807, 2.05) is 38.1 Å². The van der Waals surface area contributed by atoms with Gasteiger partial charge in [-0.15, -0.1) is 0 Å². The lowest BCUT2D eigenvalue weighted by Crippen LogP contribution is -2.28. The van der Waals surface area contributed by atoms with E-state index >= 15 is 0 Å². The van der Waals surface area contributed by atoms with E-state index in [-0.39, 0.29) is 30.3 Å². The summed E-state index contributed by atoms with van der Waals surface area (Å²) in [5.74, 6) is 0.887. The Balaban J connectivity index is 1.61. The van der Waals surface area contributed by atoms with E-state index in [2.05, 4.69) is 5.32 Å². The Kier molecular flexibility index (Phi) is 5.64. The second-order valence-electron chi connectivity index (χ2n) is 6.78. The molecule has 0 radical (unpaired) electrons. The van der Waals surface area contributed by atoms with Gasteiger partial charge in [-0.05, 0) is 62.4 Å². The number of carbonyl (C=O) groups is 2. The van der Waals surface area contributed by atoms with Gasteiger partial charge in [0.2, 0.25) is 11.8 Å². The summed E-state index contributed by atoms with van der Waals surface area (Å²) in [7, 11) is 1.60. The van der Waals surface area contributed by atoms with Crippen LogP contribution in [0.25, 0.3) is 0 Å². The maximum absolute atomic E-state index is 12.6. The molecular weight excluding hydrogens is 344 g/mol. The van der Waals surface area contributed by atoms with E-state index in [1.54, 1.807) is 36.3 Å². The fourth-order valence-corrected chi connectivity index (χ4v) is 3.03. The SMILES string of the molecule is COc1ccc(N2CC(C(=O)Nc3ccc(OC(C)C)cc3)CC2=O)cc1. The van der Waals surface area contributed by atoms with Gasteiger partial charge < -0.3 is 19.7 Å². The Morgan fingerprint density at radius 3 is 2.30 bits per heavy atom. The van der Waals surface area contributed by atoms with E-state index in [0.29, 0.717) is 12.2 Å². The van der Waals surface area contributed by atoms with E-state index in [4.69, 9.17) is 9.47 Å². The van der Waals surface area contributed by atoms with Crippen molar-refractivity contribution in [1.82, 2.24) is 0 Å². The minimum Gasteiger partial charge on any atom is -0.497 e. The van der Waals surface area contributed by atoms with Crippen molar-refractivity contribution < 1.29 is 19.1 Å². The van der Waals surface area contributed by atoms with Gasteiger partial charge in [-0.25, -0.2) is 0 Å². The molecule has 1 heterocycles. The van der Waals surface area contributed by atoms with Crippen LogP contribution in [-0.2, 0) is 9.59 Å². The van der Waals surface area contributed by atoms with Crippen molar-refractivity contribution in [1.29, 1.82) is 0 Å². The number of nitrogens with one attached hydrogen (secondary N) is 1. The van der Waals surface area contributed by atoms with Gasteiger partial charge >= 0.3 is 0 Å². The number of rotatable bonds is 6. The molecule has 1 aliphatic rings. The Morgan fingerprint density at radius 1 is 1.07 bits per heavy atom. The summed E-state index contributed by atoms with van der Waals surface area (Å²) in [6, 6.07) is 14.5. The molecule has 2 aromatic rings. The summed E-state index contributed by atoms with van der Waals surface area (Å²) >= 11 is 0. The van der Waals surface area contributed by atoms with Gasteiger partial charge in [0.15, 0.2) is 0 Å². The van der Waals surface area contributed by atoms with Crippen molar-refractivity contribution >= 4 is 23.2 Å². The minimum atomic E-state index is -0.383. The summed E-state index contributed by atoms with van der Waals surface area (Å²) in [6.45, 7) is 4.29. The lowest BCUT2D eigenvalue weighted by Gasteiger charge is -2.17. The van der Waals surface area contributed by atoms with Gasteiger partial charge in [0.25, 0.3) is 0 Å². The molecular formula is C21H24N2O4. The van der Waals surface area contributed by atoms with Crippen molar-refractivity contribution in [2.75, 3.05) is 23.9 Å². The molecule has 0 bridgehead atoms. The number of hydrogen-bond donors (Lipinski definition) is 1. The van der Waals surface area contributed by atoms with Gasteiger partial charge in [-0.3, -0.25) is 9.59 Å². The highest BCUT2D eigenvalue weighted by atomic mass is 16.5. The van der Waals surface area contributed by atoms with Gasteiger partial charge in [-0.1, -0.05) is 0 Å². The first-order valence-electron chi connectivity index (χ1n) is 8.98. The van der Waals surface area contributed by atoms with Crippen LogP contribution in [0.3, 0.4) is 0 Å². The zero-order chi connectivity index (χ0) is 19.4. The predicted molar refractivity (Wildman–Crippen MR) is 104 cm³/mol. The van der Waals surface area contributed by atoms with Crippen LogP contribution in [0.2, 0.25) is 0 Å². The molecule has 0 aromatic heterocycles. The van der Waals surface area contributed by atoms with E-state index in [1.165, 1.54) is 0 Å². The Bertz CT molecular complexity index is 800. The van der Waals surface area contributed by atoms with Crippen LogP contribution in [0.15, 0.2) is 48.5 Å². The number of amides is 2. The highest BCUT2D eigenvalue weighted by Crippen LogP contribution is 2.28. The van der Waals surface area contributed by atoms with Gasteiger partial charge in [0.1, 0.15) is 11.5 Å². The smallest absolute Gasteiger partial charge is 0.229 e. The van der Waals surface area contributed by atoms with E-state index in [0.717, 1.165) is 17.2 Å². The summed E-state index contributed by atoms with van der Waals surface area (Å²) in [5.41, 5.74) is 1.46. The van der Waals surface area contributed by atoms with Crippen molar-refractivity contribution in [3.05, 3.63) is 48.5 Å². The molecule has 142 valence electrons. The summed E-state index contributed by atoms with van der Waals surface area (Å²) in [4.78, 5) is 26.5. The molecule has 1 N–H and O–H groups in total. The molecule has 6 nitrogen and oxygen atoms in total. The first kappa shape index (κ1) is 18.8.